The fourth-order valence-electron chi connectivity index (χ4n) is 1.03. The Kier molecular flexibility index (Phi) is 1.26. The number of hydrogen-bond donors (Lipinski definition) is 1. The van der Waals surface area contributed by atoms with Gasteiger partial charge in [0.25, 0.3) is 0 Å². The predicted octanol–water partition coefficient (Wildman–Crippen LogP) is 1.81. The Hall–Kier alpha value is 0.700. The molecule has 8 heavy (non-hydrogen) atoms. The highest BCUT2D eigenvalue weighted by atomic mass is 32.2. The van der Waals surface area contributed by atoms with Crippen LogP contribution in [0.15, 0.2) is 0 Å². The average Bonchev–Trinajstić information content (AvgIpc) is 2.52. The zero-order valence-corrected chi connectivity index (χ0v) is 6.42. The Morgan fingerprint density at radius 1 is 1.62 bits per heavy atom. The first-order valence-corrected chi connectivity index (χ1v) is 4.72. The molecule has 46 valence electrons. The molecule has 0 aromatic rings. The van der Waals surface area contributed by atoms with Crippen molar-refractivity contribution in [3.63, 3.8) is 0 Å². The molecule has 0 bridgehead atoms. The summed E-state index contributed by atoms with van der Waals surface area (Å²) in [5.41, 5.74) is 0. The molecule has 1 aliphatic heterocycles. The van der Waals surface area contributed by atoms with E-state index in [-0.39, 0.29) is 0 Å². The zero-order chi connectivity index (χ0) is 5.56. The molecule has 2 rings (SSSR count). The SMILES string of the molecule is SC1CC1CC1CS1. The molecule has 0 nitrogen and oxygen atoms in total. The van der Waals surface area contributed by atoms with Gasteiger partial charge in [-0.1, -0.05) is 0 Å². The Balaban J connectivity index is 1.69. The lowest BCUT2D eigenvalue weighted by Gasteiger charge is -1.87. The van der Waals surface area contributed by atoms with Crippen LogP contribution in [-0.4, -0.2) is 16.3 Å². The molecule has 0 N–H and O–H groups in total. The monoisotopic (exact) mass is 146 g/mol. The van der Waals surface area contributed by atoms with Crippen molar-refractivity contribution < 1.29 is 0 Å². The lowest BCUT2D eigenvalue weighted by atomic mass is 10.2. The molecule has 0 amide bonds. The second kappa shape index (κ2) is 1.84. The molecule has 2 fully saturated rings. The van der Waals surface area contributed by atoms with E-state index in [9.17, 15) is 0 Å². The van der Waals surface area contributed by atoms with Crippen LogP contribution in [-0.2, 0) is 0 Å². The third-order valence-electron chi connectivity index (χ3n) is 1.85. The van der Waals surface area contributed by atoms with E-state index in [1.54, 1.807) is 0 Å². The third kappa shape index (κ3) is 1.16. The molecule has 2 aliphatic rings. The van der Waals surface area contributed by atoms with Gasteiger partial charge in [0.15, 0.2) is 0 Å². The molecule has 0 radical (unpaired) electrons. The third-order valence-corrected chi connectivity index (χ3v) is 3.48. The summed E-state index contributed by atoms with van der Waals surface area (Å²) in [6.07, 6.45) is 2.85. The van der Waals surface area contributed by atoms with Gasteiger partial charge in [-0.05, 0) is 18.8 Å². The van der Waals surface area contributed by atoms with Gasteiger partial charge >= 0.3 is 0 Å². The van der Waals surface area contributed by atoms with E-state index in [4.69, 9.17) is 0 Å². The van der Waals surface area contributed by atoms with Crippen LogP contribution in [0, 0.1) is 5.92 Å². The van der Waals surface area contributed by atoms with E-state index in [0.717, 1.165) is 16.4 Å². The van der Waals surface area contributed by atoms with Gasteiger partial charge in [0, 0.05) is 16.3 Å². The number of thiol groups is 1. The standard InChI is InChI=1S/C6H10S2/c7-6-2-4(6)1-5-3-8-5/h4-7H,1-3H2. The highest BCUT2D eigenvalue weighted by molar-refractivity contribution is 8.06. The van der Waals surface area contributed by atoms with Gasteiger partial charge in [0.05, 0.1) is 0 Å². The highest BCUT2D eigenvalue weighted by Gasteiger charge is 2.38. The van der Waals surface area contributed by atoms with Gasteiger partial charge in [0.1, 0.15) is 0 Å². The van der Waals surface area contributed by atoms with Crippen LogP contribution in [0.1, 0.15) is 12.8 Å². The number of rotatable bonds is 2. The molecule has 0 aromatic heterocycles. The molecule has 3 unspecified atom stereocenters. The van der Waals surface area contributed by atoms with Crippen molar-refractivity contribution in [3.8, 4) is 0 Å². The molecule has 0 aromatic carbocycles. The molecular formula is C6H10S2. The number of hydrogen-bond acceptors (Lipinski definition) is 2. The van der Waals surface area contributed by atoms with E-state index in [0.29, 0.717) is 0 Å². The average molecular weight is 146 g/mol. The van der Waals surface area contributed by atoms with E-state index < -0.39 is 0 Å². The smallest absolute Gasteiger partial charge is 0.0141 e. The normalized spacial score (nSPS) is 51.4. The molecule has 3 atom stereocenters. The minimum Gasteiger partial charge on any atom is -0.176 e. The van der Waals surface area contributed by atoms with Crippen molar-refractivity contribution in [2.45, 2.75) is 23.3 Å². The van der Waals surface area contributed by atoms with Crippen LogP contribution in [0.2, 0.25) is 0 Å². The minimum atomic E-state index is 0.774. The maximum absolute atomic E-state index is 4.37. The summed E-state index contributed by atoms with van der Waals surface area (Å²) in [5, 5.41) is 1.81. The summed E-state index contributed by atoms with van der Waals surface area (Å²) in [6, 6.07) is 0. The quantitative estimate of drug-likeness (QED) is 0.458. The summed E-state index contributed by atoms with van der Waals surface area (Å²) in [5.74, 6) is 2.43. The molecule has 0 spiro atoms. The Labute approximate surface area is 59.8 Å². The maximum atomic E-state index is 4.37. The molecule has 2 heteroatoms. The Morgan fingerprint density at radius 2 is 2.25 bits per heavy atom. The Morgan fingerprint density at radius 3 is 2.62 bits per heavy atom. The van der Waals surface area contributed by atoms with Gasteiger partial charge < -0.3 is 0 Å². The molecular weight excluding hydrogens is 136 g/mol. The second-order valence-corrected chi connectivity index (χ2v) is 4.75. The fourth-order valence-corrected chi connectivity index (χ4v) is 2.07. The van der Waals surface area contributed by atoms with Crippen molar-refractivity contribution in [1.82, 2.24) is 0 Å². The van der Waals surface area contributed by atoms with E-state index >= 15 is 0 Å². The summed E-state index contributed by atoms with van der Waals surface area (Å²) < 4.78 is 0. The van der Waals surface area contributed by atoms with Gasteiger partial charge in [0.2, 0.25) is 0 Å². The van der Waals surface area contributed by atoms with Gasteiger partial charge in [-0.25, -0.2) is 0 Å². The van der Waals surface area contributed by atoms with Crippen LogP contribution in [0.4, 0.5) is 0 Å². The predicted molar refractivity (Wildman–Crippen MR) is 41.7 cm³/mol. The summed E-state index contributed by atoms with van der Waals surface area (Å²) in [4.78, 5) is 0. The van der Waals surface area contributed by atoms with Crippen LogP contribution >= 0.6 is 24.4 Å². The van der Waals surface area contributed by atoms with Crippen LogP contribution in [0.25, 0.3) is 0 Å². The van der Waals surface area contributed by atoms with Crippen LogP contribution in [0.3, 0.4) is 0 Å². The van der Waals surface area contributed by atoms with Gasteiger partial charge in [-0.15, -0.1) is 0 Å². The zero-order valence-electron chi connectivity index (χ0n) is 4.71. The second-order valence-electron chi connectivity index (χ2n) is 2.75. The van der Waals surface area contributed by atoms with E-state index in [1.165, 1.54) is 18.6 Å². The molecule has 1 saturated heterocycles. The molecule has 1 aliphatic carbocycles. The first kappa shape index (κ1) is 5.48. The summed E-state index contributed by atoms with van der Waals surface area (Å²) in [6.45, 7) is 0. The van der Waals surface area contributed by atoms with Crippen molar-refractivity contribution in [1.29, 1.82) is 0 Å². The fraction of sp³-hybridized carbons (Fsp3) is 1.00. The topological polar surface area (TPSA) is 0 Å². The largest absolute Gasteiger partial charge is 0.176 e. The maximum Gasteiger partial charge on any atom is 0.0141 e. The van der Waals surface area contributed by atoms with E-state index in [1.807, 2.05) is 0 Å². The first-order valence-electron chi connectivity index (χ1n) is 3.16. The van der Waals surface area contributed by atoms with Crippen molar-refractivity contribution in [3.05, 3.63) is 0 Å². The lowest BCUT2D eigenvalue weighted by Crippen LogP contribution is -1.86. The van der Waals surface area contributed by atoms with Gasteiger partial charge in [-0.2, -0.15) is 24.4 Å². The highest BCUT2D eigenvalue weighted by Crippen LogP contribution is 2.46. The van der Waals surface area contributed by atoms with Crippen LogP contribution in [0.5, 0.6) is 0 Å². The summed E-state index contributed by atoms with van der Waals surface area (Å²) >= 11 is 6.47. The van der Waals surface area contributed by atoms with Crippen molar-refractivity contribution in [2.75, 3.05) is 5.75 Å². The van der Waals surface area contributed by atoms with Gasteiger partial charge in [-0.3, -0.25) is 0 Å². The van der Waals surface area contributed by atoms with Crippen molar-refractivity contribution >= 4 is 24.4 Å². The molecule has 1 saturated carbocycles. The van der Waals surface area contributed by atoms with Crippen LogP contribution < -0.4 is 0 Å². The Bertz CT molecular complexity index is 98.7. The molecule has 1 heterocycles. The van der Waals surface area contributed by atoms with Crippen molar-refractivity contribution in [2.24, 2.45) is 5.92 Å². The first-order chi connectivity index (χ1) is 3.86. The summed E-state index contributed by atoms with van der Waals surface area (Å²) in [7, 11) is 0. The number of thioether (sulfide) groups is 1. The minimum absolute atomic E-state index is 0.774. The lowest BCUT2D eigenvalue weighted by molar-refractivity contribution is 0.759. The van der Waals surface area contributed by atoms with E-state index in [2.05, 4.69) is 24.4 Å².